The van der Waals surface area contributed by atoms with Crippen molar-refractivity contribution in [3.63, 3.8) is 0 Å². The Morgan fingerprint density at radius 1 is 1.19 bits per heavy atom. The summed E-state index contributed by atoms with van der Waals surface area (Å²) in [5.74, 6) is 0.305. The van der Waals surface area contributed by atoms with Crippen LogP contribution in [0, 0.1) is 0 Å². The van der Waals surface area contributed by atoms with Crippen LogP contribution >= 0.6 is 0 Å². The van der Waals surface area contributed by atoms with Crippen LogP contribution in [0.15, 0.2) is 42.9 Å². The Morgan fingerprint density at radius 2 is 2.06 bits per heavy atom. The largest absolute Gasteiger partial charge is 0.382 e. The highest BCUT2D eigenvalue weighted by Gasteiger charge is 2.25. The average molecular weight is 427 g/mol. The molecule has 1 aromatic carbocycles. The van der Waals surface area contributed by atoms with E-state index in [1.54, 1.807) is 4.68 Å². The first kappa shape index (κ1) is 18.8. The number of benzene rings is 1. The molecule has 0 unspecified atom stereocenters. The Balaban J connectivity index is 1.26. The number of nitrogens with two attached hydrogens (primary N) is 1. The summed E-state index contributed by atoms with van der Waals surface area (Å²) in [6.45, 7) is 1.17. The highest BCUT2D eigenvalue weighted by Crippen LogP contribution is 2.35. The third kappa shape index (κ3) is 2.97. The molecule has 4 heterocycles. The predicted octanol–water partition coefficient (Wildman–Crippen LogP) is 2.83. The summed E-state index contributed by atoms with van der Waals surface area (Å²) in [6.07, 6.45) is 9.45. The number of hydrogen-bond acceptors (Lipinski definition) is 6. The van der Waals surface area contributed by atoms with Gasteiger partial charge in [0.1, 0.15) is 23.9 Å². The van der Waals surface area contributed by atoms with E-state index in [9.17, 15) is 4.79 Å². The standard InChI is InChI=1S/C23H21N7O2/c24-23-22-21(25-13-26-23)17-11-32-12-19(17)30(22)16-7-5-15(6-8-16)28-20(31)10-29-18-4-2-1-3-14(18)9-27-29/h2,4-9,13H,1,3,10-12H2,(H,28,31)(H2,24,25,26). The molecule has 9 heteroatoms. The summed E-state index contributed by atoms with van der Waals surface area (Å²) in [7, 11) is 0. The van der Waals surface area contributed by atoms with E-state index in [2.05, 4.69) is 26.5 Å². The highest BCUT2D eigenvalue weighted by atomic mass is 16.5. The van der Waals surface area contributed by atoms with Gasteiger partial charge in [0.2, 0.25) is 5.91 Å². The van der Waals surface area contributed by atoms with Crippen molar-refractivity contribution in [2.75, 3.05) is 11.1 Å². The van der Waals surface area contributed by atoms with Crippen LogP contribution in [0.2, 0.25) is 0 Å². The number of amides is 1. The number of hydrogen-bond donors (Lipinski definition) is 2. The van der Waals surface area contributed by atoms with Crippen molar-refractivity contribution < 1.29 is 9.53 Å². The first-order chi connectivity index (χ1) is 15.7. The second-order valence-corrected chi connectivity index (χ2v) is 7.96. The van der Waals surface area contributed by atoms with Crippen molar-refractivity contribution in [2.24, 2.45) is 0 Å². The van der Waals surface area contributed by atoms with Gasteiger partial charge in [0.25, 0.3) is 0 Å². The molecule has 3 N–H and O–H groups in total. The van der Waals surface area contributed by atoms with Gasteiger partial charge in [-0.05, 0) is 48.7 Å². The summed E-state index contributed by atoms with van der Waals surface area (Å²) in [5.41, 5.74) is 13.7. The molecule has 2 aliphatic rings. The van der Waals surface area contributed by atoms with Crippen molar-refractivity contribution in [3.8, 4) is 5.69 Å². The Hall–Kier alpha value is -3.98. The van der Waals surface area contributed by atoms with Gasteiger partial charge in [-0.15, -0.1) is 0 Å². The van der Waals surface area contributed by atoms with Crippen molar-refractivity contribution in [2.45, 2.75) is 32.6 Å². The van der Waals surface area contributed by atoms with Gasteiger partial charge in [-0.1, -0.05) is 6.08 Å². The summed E-state index contributed by atoms with van der Waals surface area (Å²) in [4.78, 5) is 21.2. The number of carbonyl (C=O) groups is 1. The van der Waals surface area contributed by atoms with Crippen LogP contribution in [0.1, 0.15) is 28.9 Å². The molecule has 0 saturated carbocycles. The molecule has 0 fully saturated rings. The van der Waals surface area contributed by atoms with Gasteiger partial charge in [-0.2, -0.15) is 5.10 Å². The Labute approximate surface area is 183 Å². The fourth-order valence-corrected chi connectivity index (χ4v) is 4.49. The van der Waals surface area contributed by atoms with Crippen molar-refractivity contribution >= 4 is 34.5 Å². The predicted molar refractivity (Wildman–Crippen MR) is 120 cm³/mol. The van der Waals surface area contributed by atoms with Crippen molar-refractivity contribution in [1.29, 1.82) is 0 Å². The van der Waals surface area contributed by atoms with Gasteiger partial charge in [0.15, 0.2) is 5.82 Å². The first-order valence-corrected chi connectivity index (χ1v) is 10.5. The van der Waals surface area contributed by atoms with Gasteiger partial charge in [0, 0.05) is 16.9 Å². The lowest BCUT2D eigenvalue weighted by Gasteiger charge is -2.12. The molecule has 32 heavy (non-hydrogen) atoms. The molecule has 0 bridgehead atoms. The van der Waals surface area contributed by atoms with Gasteiger partial charge in [-0.25, -0.2) is 9.97 Å². The lowest BCUT2D eigenvalue weighted by Crippen LogP contribution is -2.20. The monoisotopic (exact) mass is 427 g/mol. The maximum atomic E-state index is 12.6. The molecule has 3 aromatic heterocycles. The van der Waals surface area contributed by atoms with E-state index in [-0.39, 0.29) is 12.5 Å². The van der Waals surface area contributed by atoms with Crippen LogP contribution in [-0.2, 0) is 35.7 Å². The molecule has 160 valence electrons. The van der Waals surface area contributed by atoms with Gasteiger partial charge >= 0.3 is 0 Å². The minimum Gasteiger partial charge on any atom is -0.382 e. The minimum absolute atomic E-state index is 0.124. The number of fused-ring (bicyclic) bond motifs is 4. The fraction of sp³-hybridized carbons (Fsp3) is 0.217. The topological polar surface area (TPSA) is 113 Å². The quantitative estimate of drug-likeness (QED) is 0.518. The van der Waals surface area contributed by atoms with E-state index < -0.39 is 0 Å². The van der Waals surface area contributed by atoms with Gasteiger partial charge in [0.05, 0.1) is 30.8 Å². The first-order valence-electron chi connectivity index (χ1n) is 10.5. The molecule has 4 aromatic rings. The van der Waals surface area contributed by atoms with Crippen molar-refractivity contribution in [3.05, 3.63) is 65.4 Å². The number of aromatic nitrogens is 5. The number of nitrogen functional groups attached to an aromatic ring is 1. The molecular formula is C23H21N7O2. The Kier molecular flexibility index (Phi) is 4.29. The highest BCUT2D eigenvalue weighted by molar-refractivity contribution is 5.92. The fourth-order valence-electron chi connectivity index (χ4n) is 4.49. The zero-order valence-electron chi connectivity index (χ0n) is 17.3. The van der Waals surface area contributed by atoms with Crippen LogP contribution in [-0.4, -0.2) is 30.2 Å². The third-order valence-corrected chi connectivity index (χ3v) is 5.98. The zero-order valence-corrected chi connectivity index (χ0v) is 17.3. The van der Waals surface area contributed by atoms with E-state index in [0.717, 1.165) is 46.5 Å². The molecule has 0 atom stereocenters. The summed E-state index contributed by atoms with van der Waals surface area (Å²) in [6, 6.07) is 7.64. The number of anilines is 2. The van der Waals surface area contributed by atoms with E-state index in [4.69, 9.17) is 10.5 Å². The summed E-state index contributed by atoms with van der Waals surface area (Å²) < 4.78 is 9.42. The van der Waals surface area contributed by atoms with Crippen LogP contribution in [0.25, 0.3) is 22.8 Å². The van der Waals surface area contributed by atoms with E-state index in [1.807, 2.05) is 41.1 Å². The second kappa shape index (κ2) is 7.31. The number of carbonyl (C=O) groups excluding carboxylic acids is 1. The third-order valence-electron chi connectivity index (χ3n) is 5.98. The minimum atomic E-state index is -0.124. The Morgan fingerprint density at radius 3 is 2.94 bits per heavy atom. The SMILES string of the molecule is Nc1ncnc2c3c(n(-c4ccc(NC(=O)Cn5ncc6c5C=CCC6)cc4)c12)COC3. The maximum absolute atomic E-state index is 12.6. The number of aryl methyl sites for hydroxylation is 1. The molecule has 1 amide bonds. The number of ether oxygens (including phenoxy) is 1. The van der Waals surface area contributed by atoms with E-state index >= 15 is 0 Å². The molecule has 0 spiro atoms. The lowest BCUT2D eigenvalue weighted by atomic mass is 10.1. The van der Waals surface area contributed by atoms with Crippen molar-refractivity contribution in [1.82, 2.24) is 24.3 Å². The van der Waals surface area contributed by atoms with Crippen LogP contribution < -0.4 is 11.1 Å². The Bertz CT molecular complexity index is 1380. The number of nitrogens with zero attached hydrogens (tertiary/aromatic N) is 5. The second-order valence-electron chi connectivity index (χ2n) is 7.96. The summed E-state index contributed by atoms with van der Waals surface area (Å²) >= 11 is 0. The number of allylic oxidation sites excluding steroid dienone is 1. The van der Waals surface area contributed by atoms with Crippen LogP contribution in [0.4, 0.5) is 11.5 Å². The zero-order chi connectivity index (χ0) is 21.7. The lowest BCUT2D eigenvalue weighted by molar-refractivity contribution is -0.116. The normalized spacial score (nSPS) is 14.5. The number of rotatable bonds is 4. The smallest absolute Gasteiger partial charge is 0.246 e. The van der Waals surface area contributed by atoms with E-state index in [1.165, 1.54) is 11.9 Å². The maximum Gasteiger partial charge on any atom is 0.246 e. The average Bonchev–Trinajstić information content (AvgIpc) is 3.50. The molecule has 0 saturated heterocycles. The molecule has 6 rings (SSSR count). The molecular weight excluding hydrogens is 406 g/mol. The molecule has 0 radical (unpaired) electrons. The molecule has 1 aliphatic carbocycles. The molecule has 9 nitrogen and oxygen atoms in total. The van der Waals surface area contributed by atoms with E-state index in [0.29, 0.717) is 24.7 Å². The number of nitrogens with one attached hydrogen (secondary N) is 1. The van der Waals surface area contributed by atoms with Gasteiger partial charge < -0.3 is 20.4 Å². The summed E-state index contributed by atoms with van der Waals surface area (Å²) in [5, 5.41) is 7.32. The van der Waals surface area contributed by atoms with Crippen LogP contribution in [0.5, 0.6) is 0 Å². The van der Waals surface area contributed by atoms with Gasteiger partial charge in [-0.3, -0.25) is 9.48 Å². The molecule has 1 aliphatic heterocycles. The van der Waals surface area contributed by atoms with Crippen LogP contribution in [0.3, 0.4) is 0 Å².